The number of carbonyl (C=O) groups is 1. The Balaban J connectivity index is 1.73. The Labute approximate surface area is 165 Å². The molecule has 0 saturated heterocycles. The Morgan fingerprint density at radius 2 is 1.68 bits per heavy atom. The first-order valence-corrected chi connectivity index (χ1v) is 9.37. The van der Waals surface area contributed by atoms with Gasteiger partial charge in [0.1, 0.15) is 11.6 Å². The van der Waals surface area contributed by atoms with Gasteiger partial charge in [-0.1, -0.05) is 42.5 Å². The first kappa shape index (κ1) is 19.4. The van der Waals surface area contributed by atoms with Gasteiger partial charge in [-0.3, -0.25) is 4.79 Å². The van der Waals surface area contributed by atoms with E-state index in [9.17, 15) is 4.79 Å². The highest BCUT2D eigenvalue weighted by molar-refractivity contribution is 6.05. The zero-order chi connectivity index (χ0) is 19.9. The Kier molecular flexibility index (Phi) is 6.27. The third-order valence-electron chi connectivity index (χ3n) is 4.18. The van der Waals surface area contributed by atoms with Gasteiger partial charge in [-0.2, -0.15) is 0 Å². The van der Waals surface area contributed by atoms with Crippen LogP contribution in [0.4, 0.5) is 11.5 Å². The molecule has 0 saturated carbocycles. The third kappa shape index (κ3) is 5.10. The average molecular weight is 375 g/mol. The lowest BCUT2D eigenvalue weighted by Crippen LogP contribution is -2.15. The molecule has 0 aliphatic heterocycles. The van der Waals surface area contributed by atoms with E-state index in [1.165, 1.54) is 0 Å². The van der Waals surface area contributed by atoms with E-state index in [2.05, 4.69) is 34.7 Å². The van der Waals surface area contributed by atoms with Crippen molar-refractivity contribution in [3.05, 3.63) is 84.1 Å². The molecule has 0 aliphatic carbocycles. The molecule has 3 aromatic rings. The molecule has 5 nitrogen and oxygen atoms in total. The molecule has 2 N–H and O–H groups in total. The highest BCUT2D eigenvalue weighted by atomic mass is 16.5. The molecule has 1 unspecified atom stereocenters. The number of carbonyl (C=O) groups excluding carboxylic acids is 1. The zero-order valence-electron chi connectivity index (χ0n) is 16.3. The standard InChI is InChI=1S/C23H25N3O2/c1-16(2)28-21-12-8-7-11-20(21)26-23(27)19-13-14-24-22(15-19)25-17(3)18-9-5-4-6-10-18/h4-17H,1-3H3,(H,24,25)(H,26,27). The molecule has 0 fully saturated rings. The maximum atomic E-state index is 12.7. The SMILES string of the molecule is CC(C)Oc1ccccc1NC(=O)c1ccnc(NC(C)c2ccccc2)c1. The normalized spacial score (nSPS) is 11.7. The van der Waals surface area contributed by atoms with Crippen LogP contribution in [0.5, 0.6) is 5.75 Å². The number of pyridine rings is 1. The van der Waals surface area contributed by atoms with Gasteiger partial charge in [-0.25, -0.2) is 4.98 Å². The molecule has 2 aromatic carbocycles. The molecule has 3 rings (SSSR count). The molecule has 1 amide bonds. The second-order valence-electron chi connectivity index (χ2n) is 6.82. The van der Waals surface area contributed by atoms with E-state index in [1.807, 2.05) is 56.3 Å². The molecular weight excluding hydrogens is 350 g/mol. The summed E-state index contributed by atoms with van der Waals surface area (Å²) in [7, 11) is 0. The highest BCUT2D eigenvalue weighted by Gasteiger charge is 2.12. The summed E-state index contributed by atoms with van der Waals surface area (Å²) >= 11 is 0. The summed E-state index contributed by atoms with van der Waals surface area (Å²) in [4.78, 5) is 17.1. The predicted octanol–water partition coefficient (Wildman–Crippen LogP) is 5.29. The molecular formula is C23H25N3O2. The molecule has 1 aromatic heterocycles. The quantitative estimate of drug-likeness (QED) is 0.589. The summed E-state index contributed by atoms with van der Waals surface area (Å²) < 4.78 is 5.77. The minimum Gasteiger partial charge on any atom is -0.489 e. The molecule has 144 valence electrons. The van der Waals surface area contributed by atoms with E-state index in [0.717, 1.165) is 5.56 Å². The van der Waals surface area contributed by atoms with E-state index in [4.69, 9.17) is 4.74 Å². The number of benzene rings is 2. The van der Waals surface area contributed by atoms with Gasteiger partial charge >= 0.3 is 0 Å². The number of rotatable bonds is 7. The van der Waals surface area contributed by atoms with Gasteiger partial charge in [0.2, 0.25) is 0 Å². The van der Waals surface area contributed by atoms with Crippen molar-refractivity contribution in [2.75, 3.05) is 10.6 Å². The van der Waals surface area contributed by atoms with Crippen molar-refractivity contribution < 1.29 is 9.53 Å². The lowest BCUT2D eigenvalue weighted by atomic mass is 10.1. The summed E-state index contributed by atoms with van der Waals surface area (Å²) in [6, 6.07) is 21.0. The van der Waals surface area contributed by atoms with Gasteiger partial charge < -0.3 is 15.4 Å². The summed E-state index contributed by atoms with van der Waals surface area (Å²) in [5.74, 6) is 1.09. The zero-order valence-corrected chi connectivity index (χ0v) is 16.3. The van der Waals surface area contributed by atoms with Crippen LogP contribution in [-0.4, -0.2) is 17.0 Å². The Morgan fingerprint density at radius 3 is 2.43 bits per heavy atom. The number of aromatic nitrogens is 1. The number of nitrogens with one attached hydrogen (secondary N) is 2. The monoisotopic (exact) mass is 375 g/mol. The van der Waals surface area contributed by atoms with Crippen LogP contribution in [0.1, 0.15) is 42.7 Å². The first-order chi connectivity index (χ1) is 13.5. The van der Waals surface area contributed by atoms with Crippen molar-refractivity contribution in [2.24, 2.45) is 0 Å². The second-order valence-corrected chi connectivity index (χ2v) is 6.82. The Morgan fingerprint density at radius 1 is 0.964 bits per heavy atom. The van der Waals surface area contributed by atoms with Crippen LogP contribution in [0.25, 0.3) is 0 Å². The van der Waals surface area contributed by atoms with Gasteiger partial charge in [0.25, 0.3) is 5.91 Å². The topological polar surface area (TPSA) is 63.2 Å². The third-order valence-corrected chi connectivity index (χ3v) is 4.18. The molecule has 1 heterocycles. The molecule has 0 radical (unpaired) electrons. The minimum absolute atomic E-state index is 0.0225. The van der Waals surface area contributed by atoms with Crippen LogP contribution >= 0.6 is 0 Å². The summed E-state index contributed by atoms with van der Waals surface area (Å²) in [5.41, 5.74) is 2.32. The largest absolute Gasteiger partial charge is 0.489 e. The number of hydrogen-bond acceptors (Lipinski definition) is 4. The number of para-hydroxylation sites is 2. The Bertz CT molecular complexity index is 926. The molecule has 0 spiro atoms. The number of hydrogen-bond donors (Lipinski definition) is 2. The number of ether oxygens (including phenoxy) is 1. The number of amides is 1. The fraction of sp³-hybridized carbons (Fsp3) is 0.217. The molecule has 5 heteroatoms. The summed E-state index contributed by atoms with van der Waals surface area (Å²) in [5, 5.41) is 6.26. The van der Waals surface area contributed by atoms with Gasteiger partial charge in [-0.15, -0.1) is 0 Å². The van der Waals surface area contributed by atoms with Gasteiger partial charge in [0, 0.05) is 17.8 Å². The van der Waals surface area contributed by atoms with E-state index < -0.39 is 0 Å². The fourth-order valence-corrected chi connectivity index (χ4v) is 2.82. The van der Waals surface area contributed by atoms with Crippen molar-refractivity contribution in [3.63, 3.8) is 0 Å². The van der Waals surface area contributed by atoms with Gasteiger partial charge in [0.15, 0.2) is 0 Å². The second kappa shape index (κ2) is 9.04. The number of anilines is 2. The van der Waals surface area contributed by atoms with E-state index in [-0.39, 0.29) is 18.1 Å². The van der Waals surface area contributed by atoms with E-state index >= 15 is 0 Å². The van der Waals surface area contributed by atoms with Crippen LogP contribution in [0.3, 0.4) is 0 Å². The summed E-state index contributed by atoms with van der Waals surface area (Å²) in [6.45, 7) is 5.96. The maximum Gasteiger partial charge on any atom is 0.255 e. The van der Waals surface area contributed by atoms with Crippen molar-refractivity contribution in [1.82, 2.24) is 4.98 Å². The molecule has 0 bridgehead atoms. The van der Waals surface area contributed by atoms with E-state index in [0.29, 0.717) is 22.8 Å². The minimum atomic E-state index is -0.211. The first-order valence-electron chi connectivity index (χ1n) is 9.37. The van der Waals surface area contributed by atoms with Gasteiger partial charge in [-0.05, 0) is 50.6 Å². The summed E-state index contributed by atoms with van der Waals surface area (Å²) in [6.07, 6.45) is 1.65. The highest BCUT2D eigenvalue weighted by Crippen LogP contribution is 2.26. The molecule has 28 heavy (non-hydrogen) atoms. The predicted molar refractivity (Wildman–Crippen MR) is 113 cm³/mol. The lowest BCUT2D eigenvalue weighted by molar-refractivity contribution is 0.102. The van der Waals surface area contributed by atoms with Crippen molar-refractivity contribution in [1.29, 1.82) is 0 Å². The van der Waals surface area contributed by atoms with E-state index in [1.54, 1.807) is 18.3 Å². The fourth-order valence-electron chi connectivity index (χ4n) is 2.82. The average Bonchev–Trinajstić information content (AvgIpc) is 2.70. The lowest BCUT2D eigenvalue weighted by Gasteiger charge is -2.16. The maximum absolute atomic E-state index is 12.7. The van der Waals surface area contributed by atoms with Crippen LogP contribution in [0.2, 0.25) is 0 Å². The van der Waals surface area contributed by atoms with Gasteiger partial charge in [0.05, 0.1) is 11.8 Å². The molecule has 1 atom stereocenters. The van der Waals surface area contributed by atoms with Crippen molar-refractivity contribution in [2.45, 2.75) is 32.9 Å². The van der Waals surface area contributed by atoms with Crippen LogP contribution in [0.15, 0.2) is 72.9 Å². The molecule has 0 aliphatic rings. The van der Waals surface area contributed by atoms with Crippen LogP contribution in [-0.2, 0) is 0 Å². The van der Waals surface area contributed by atoms with Crippen molar-refractivity contribution in [3.8, 4) is 5.75 Å². The van der Waals surface area contributed by atoms with Crippen LogP contribution in [0, 0.1) is 0 Å². The van der Waals surface area contributed by atoms with Crippen LogP contribution < -0.4 is 15.4 Å². The Hall–Kier alpha value is -3.34. The number of nitrogens with zero attached hydrogens (tertiary/aromatic N) is 1. The smallest absolute Gasteiger partial charge is 0.255 e. The van der Waals surface area contributed by atoms with Crippen molar-refractivity contribution >= 4 is 17.4 Å².